The number of nitrogens with one attached hydrogen (secondary N) is 2. The average Bonchev–Trinajstić information content (AvgIpc) is 2.50. The molecule has 0 aliphatic carbocycles. The first kappa shape index (κ1) is 16.3. The molecular formula is C16H24N4O2. The van der Waals surface area contributed by atoms with E-state index in [-0.39, 0.29) is 6.09 Å². The van der Waals surface area contributed by atoms with Crippen molar-refractivity contribution in [3.63, 3.8) is 0 Å². The fourth-order valence-corrected chi connectivity index (χ4v) is 2.62. The molecule has 1 aliphatic heterocycles. The smallest absolute Gasteiger partial charge is 0.409 e. The van der Waals surface area contributed by atoms with Crippen molar-refractivity contribution in [2.45, 2.75) is 39.7 Å². The van der Waals surface area contributed by atoms with Crippen molar-refractivity contribution >= 4 is 17.6 Å². The van der Waals surface area contributed by atoms with Crippen molar-refractivity contribution in [2.75, 3.05) is 25.0 Å². The Balaban J connectivity index is 1.92. The fourth-order valence-electron chi connectivity index (χ4n) is 2.62. The lowest BCUT2D eigenvalue weighted by atomic mass is 10.1. The molecule has 0 atom stereocenters. The number of amides is 1. The lowest BCUT2D eigenvalue weighted by molar-refractivity contribution is 0.0983. The lowest BCUT2D eigenvalue weighted by Gasteiger charge is -2.32. The van der Waals surface area contributed by atoms with Crippen LogP contribution in [0.5, 0.6) is 0 Å². The van der Waals surface area contributed by atoms with E-state index in [4.69, 9.17) is 10.1 Å². The molecule has 22 heavy (non-hydrogen) atoms. The van der Waals surface area contributed by atoms with Gasteiger partial charge < -0.3 is 20.4 Å². The van der Waals surface area contributed by atoms with Crippen LogP contribution in [0.25, 0.3) is 0 Å². The van der Waals surface area contributed by atoms with Gasteiger partial charge in [-0.2, -0.15) is 0 Å². The highest BCUT2D eigenvalue weighted by Crippen LogP contribution is 2.17. The molecule has 0 saturated carbocycles. The molecular weight excluding hydrogens is 280 g/mol. The fraction of sp³-hybridized carbons (Fsp3) is 0.562. The second-order valence-electron chi connectivity index (χ2n) is 5.59. The Morgan fingerprint density at radius 2 is 2.14 bits per heavy atom. The Hall–Kier alpha value is -2.11. The van der Waals surface area contributed by atoms with Crippen molar-refractivity contribution < 1.29 is 9.53 Å². The van der Waals surface area contributed by atoms with E-state index in [1.807, 2.05) is 26.0 Å². The molecule has 0 bridgehead atoms. The molecule has 2 rings (SSSR count). The van der Waals surface area contributed by atoms with Crippen molar-refractivity contribution in [2.24, 2.45) is 0 Å². The van der Waals surface area contributed by atoms with Crippen LogP contribution < -0.4 is 5.32 Å². The van der Waals surface area contributed by atoms with Gasteiger partial charge >= 0.3 is 6.09 Å². The van der Waals surface area contributed by atoms with Crippen LogP contribution in [0.15, 0.2) is 12.1 Å². The normalized spacial score (nSPS) is 15.5. The molecule has 0 aromatic carbocycles. The van der Waals surface area contributed by atoms with Gasteiger partial charge in [0.2, 0.25) is 0 Å². The first-order valence-electron chi connectivity index (χ1n) is 7.72. The topological polar surface area (TPSA) is 78.3 Å². The molecule has 2 heterocycles. The van der Waals surface area contributed by atoms with Crippen LogP contribution in [0.3, 0.4) is 0 Å². The zero-order chi connectivity index (χ0) is 16.1. The number of nitrogens with zero attached hydrogens (tertiary/aromatic N) is 2. The summed E-state index contributed by atoms with van der Waals surface area (Å²) in [6.45, 7) is 7.32. The number of piperidine rings is 1. The molecule has 1 fully saturated rings. The van der Waals surface area contributed by atoms with E-state index in [2.05, 4.69) is 10.3 Å². The predicted molar refractivity (Wildman–Crippen MR) is 86.7 cm³/mol. The van der Waals surface area contributed by atoms with Gasteiger partial charge in [-0.3, -0.25) is 0 Å². The van der Waals surface area contributed by atoms with E-state index in [0.29, 0.717) is 31.4 Å². The largest absolute Gasteiger partial charge is 0.450 e. The first-order valence-corrected chi connectivity index (χ1v) is 7.72. The number of carbonyl (C=O) groups is 1. The van der Waals surface area contributed by atoms with Crippen molar-refractivity contribution in [3.05, 3.63) is 23.4 Å². The Morgan fingerprint density at radius 3 is 2.73 bits per heavy atom. The summed E-state index contributed by atoms with van der Waals surface area (Å²) in [7, 11) is 0. The molecule has 0 unspecified atom stereocenters. The summed E-state index contributed by atoms with van der Waals surface area (Å²) in [6, 6.07) is 4.22. The number of hydrogen-bond donors (Lipinski definition) is 2. The minimum atomic E-state index is -0.226. The number of likely N-dealkylation sites (tertiary alicyclic amines) is 1. The predicted octanol–water partition coefficient (Wildman–Crippen LogP) is 2.81. The van der Waals surface area contributed by atoms with E-state index in [1.165, 1.54) is 0 Å². The number of ether oxygens (including phenoxy) is 1. The molecule has 2 N–H and O–H groups in total. The number of carbonyl (C=O) groups excluding carboxylic acids is 1. The molecule has 6 heteroatoms. The van der Waals surface area contributed by atoms with Gasteiger partial charge in [0.1, 0.15) is 5.82 Å². The molecule has 1 aromatic heterocycles. The SMILES string of the molecule is CCOC(=O)N1CCC(Nc2ccc(C)c(C(C)=N)n2)CC1. The van der Waals surface area contributed by atoms with Gasteiger partial charge in [-0.05, 0) is 45.2 Å². The summed E-state index contributed by atoms with van der Waals surface area (Å²) in [5.41, 5.74) is 2.21. The van der Waals surface area contributed by atoms with E-state index in [1.54, 1.807) is 11.8 Å². The molecule has 0 spiro atoms. The van der Waals surface area contributed by atoms with Crippen LogP contribution in [0.4, 0.5) is 10.6 Å². The second kappa shape index (κ2) is 7.24. The zero-order valence-electron chi connectivity index (χ0n) is 13.5. The number of aromatic nitrogens is 1. The first-order chi connectivity index (χ1) is 10.5. The van der Waals surface area contributed by atoms with E-state index >= 15 is 0 Å². The maximum atomic E-state index is 11.7. The third-order valence-corrected chi connectivity index (χ3v) is 3.83. The molecule has 120 valence electrons. The Bertz CT molecular complexity index is 551. The Morgan fingerprint density at radius 1 is 1.45 bits per heavy atom. The van der Waals surface area contributed by atoms with Crippen molar-refractivity contribution in [1.29, 1.82) is 5.41 Å². The quantitative estimate of drug-likeness (QED) is 0.838. The number of hydrogen-bond acceptors (Lipinski definition) is 5. The van der Waals surface area contributed by atoms with Gasteiger partial charge in [-0.1, -0.05) is 6.07 Å². The maximum Gasteiger partial charge on any atom is 0.409 e. The summed E-state index contributed by atoms with van der Waals surface area (Å²) in [5, 5.41) is 11.2. The van der Waals surface area contributed by atoms with Crippen LogP contribution in [-0.2, 0) is 4.74 Å². The number of aryl methyl sites for hydroxylation is 1. The van der Waals surface area contributed by atoms with Crippen LogP contribution >= 0.6 is 0 Å². The summed E-state index contributed by atoms with van der Waals surface area (Å²) in [5.74, 6) is 0.793. The third kappa shape index (κ3) is 3.96. The molecule has 0 radical (unpaired) electrons. The van der Waals surface area contributed by atoms with E-state index in [0.717, 1.165) is 29.9 Å². The minimum absolute atomic E-state index is 0.226. The van der Waals surface area contributed by atoms with Gasteiger partial charge in [0, 0.05) is 19.1 Å². The minimum Gasteiger partial charge on any atom is -0.450 e. The second-order valence-corrected chi connectivity index (χ2v) is 5.59. The van der Waals surface area contributed by atoms with Crippen LogP contribution in [0.1, 0.15) is 37.9 Å². The van der Waals surface area contributed by atoms with Crippen LogP contribution in [0, 0.1) is 12.3 Å². The highest BCUT2D eigenvalue weighted by Gasteiger charge is 2.23. The monoisotopic (exact) mass is 304 g/mol. The highest BCUT2D eigenvalue weighted by molar-refractivity contribution is 5.96. The Labute approximate surface area is 131 Å². The Kier molecular flexibility index (Phi) is 5.35. The van der Waals surface area contributed by atoms with Gasteiger partial charge in [0.25, 0.3) is 0 Å². The van der Waals surface area contributed by atoms with Crippen molar-refractivity contribution in [3.8, 4) is 0 Å². The maximum absolute atomic E-state index is 11.7. The van der Waals surface area contributed by atoms with E-state index in [9.17, 15) is 4.79 Å². The standard InChI is InChI=1S/C16H24N4O2/c1-4-22-16(21)20-9-7-13(8-10-20)18-14-6-5-11(2)15(19-14)12(3)17/h5-6,13,17H,4,7-10H2,1-3H3,(H,18,19). The molecule has 1 saturated heterocycles. The van der Waals surface area contributed by atoms with E-state index < -0.39 is 0 Å². The van der Waals surface area contributed by atoms with Crippen molar-refractivity contribution in [1.82, 2.24) is 9.88 Å². The van der Waals surface area contributed by atoms with Gasteiger partial charge in [0.05, 0.1) is 18.0 Å². The van der Waals surface area contributed by atoms with Gasteiger partial charge in [0.15, 0.2) is 0 Å². The summed E-state index contributed by atoms with van der Waals surface area (Å²) in [6.07, 6.45) is 1.51. The molecule has 6 nitrogen and oxygen atoms in total. The zero-order valence-corrected chi connectivity index (χ0v) is 13.5. The number of anilines is 1. The highest BCUT2D eigenvalue weighted by atomic mass is 16.6. The summed E-state index contributed by atoms with van der Waals surface area (Å²) in [4.78, 5) is 17.9. The molecule has 1 aromatic rings. The van der Waals surface area contributed by atoms with Crippen LogP contribution in [0.2, 0.25) is 0 Å². The van der Waals surface area contributed by atoms with Gasteiger partial charge in [-0.25, -0.2) is 9.78 Å². The summed E-state index contributed by atoms with van der Waals surface area (Å²) < 4.78 is 5.02. The summed E-state index contributed by atoms with van der Waals surface area (Å²) >= 11 is 0. The molecule has 1 amide bonds. The average molecular weight is 304 g/mol. The molecule has 1 aliphatic rings. The van der Waals surface area contributed by atoms with Crippen LogP contribution in [-0.4, -0.2) is 47.4 Å². The lowest BCUT2D eigenvalue weighted by Crippen LogP contribution is -2.42. The van der Waals surface area contributed by atoms with Gasteiger partial charge in [-0.15, -0.1) is 0 Å². The number of rotatable bonds is 4. The third-order valence-electron chi connectivity index (χ3n) is 3.83. The number of pyridine rings is 1.